The normalized spacial score (nSPS) is 10.5. The molecule has 0 bridgehead atoms. The Morgan fingerprint density at radius 2 is 1.82 bits per heavy atom. The van der Waals surface area contributed by atoms with E-state index in [0.29, 0.717) is 12.4 Å². The van der Waals surface area contributed by atoms with Gasteiger partial charge in [0.1, 0.15) is 0 Å². The SMILES string of the molecule is CN=C(NCc1ccccc1)NCc1cccnc1OC.I. The van der Waals surface area contributed by atoms with E-state index in [1.807, 2.05) is 30.3 Å². The Morgan fingerprint density at radius 1 is 1.09 bits per heavy atom. The van der Waals surface area contributed by atoms with E-state index in [-0.39, 0.29) is 24.0 Å². The number of benzene rings is 1. The van der Waals surface area contributed by atoms with Gasteiger partial charge in [-0.15, -0.1) is 24.0 Å². The van der Waals surface area contributed by atoms with Crippen LogP contribution in [0, 0.1) is 0 Å². The van der Waals surface area contributed by atoms with Crippen LogP contribution >= 0.6 is 24.0 Å². The van der Waals surface area contributed by atoms with Crippen LogP contribution in [0.2, 0.25) is 0 Å². The summed E-state index contributed by atoms with van der Waals surface area (Å²) in [5.74, 6) is 1.37. The van der Waals surface area contributed by atoms with Gasteiger partial charge in [-0.2, -0.15) is 0 Å². The van der Waals surface area contributed by atoms with Gasteiger partial charge in [0.15, 0.2) is 5.96 Å². The number of pyridine rings is 1. The second-order valence-electron chi connectivity index (χ2n) is 4.44. The van der Waals surface area contributed by atoms with E-state index in [2.05, 4.69) is 32.7 Å². The summed E-state index contributed by atoms with van der Waals surface area (Å²) in [4.78, 5) is 8.38. The van der Waals surface area contributed by atoms with Crippen molar-refractivity contribution in [1.82, 2.24) is 15.6 Å². The Kier molecular flexibility index (Phi) is 8.27. The maximum atomic E-state index is 5.23. The molecule has 0 spiro atoms. The molecule has 0 unspecified atom stereocenters. The summed E-state index contributed by atoms with van der Waals surface area (Å²) in [6.07, 6.45) is 1.71. The third-order valence-electron chi connectivity index (χ3n) is 3.02. The van der Waals surface area contributed by atoms with Gasteiger partial charge in [-0.25, -0.2) is 4.98 Å². The molecule has 22 heavy (non-hydrogen) atoms. The predicted molar refractivity (Wildman–Crippen MR) is 99.7 cm³/mol. The largest absolute Gasteiger partial charge is 0.481 e. The third-order valence-corrected chi connectivity index (χ3v) is 3.02. The van der Waals surface area contributed by atoms with E-state index in [0.717, 1.165) is 18.1 Å². The standard InChI is InChI=1S/C16H20N4O.HI/c1-17-16(19-11-13-7-4-3-5-8-13)20-12-14-9-6-10-18-15(14)21-2;/h3-10H,11-12H2,1-2H3,(H2,17,19,20);1H. The summed E-state index contributed by atoms with van der Waals surface area (Å²) in [6.45, 7) is 1.33. The van der Waals surface area contributed by atoms with Crippen LogP contribution in [0.3, 0.4) is 0 Å². The average Bonchev–Trinajstić information content (AvgIpc) is 2.56. The van der Waals surface area contributed by atoms with Crippen LogP contribution in [0.1, 0.15) is 11.1 Å². The lowest BCUT2D eigenvalue weighted by Gasteiger charge is -2.13. The molecule has 0 aliphatic heterocycles. The number of aliphatic imine (C=N–C) groups is 1. The lowest BCUT2D eigenvalue weighted by atomic mass is 10.2. The first-order valence-electron chi connectivity index (χ1n) is 6.80. The predicted octanol–water partition coefficient (Wildman–Crippen LogP) is 2.57. The van der Waals surface area contributed by atoms with Gasteiger partial charge >= 0.3 is 0 Å². The molecule has 0 saturated carbocycles. The molecule has 0 fully saturated rings. The number of halogens is 1. The number of methoxy groups -OCH3 is 1. The van der Waals surface area contributed by atoms with Gasteiger partial charge in [0.05, 0.1) is 7.11 Å². The number of nitrogens with one attached hydrogen (secondary N) is 2. The molecular weight excluding hydrogens is 391 g/mol. The Morgan fingerprint density at radius 3 is 2.50 bits per heavy atom. The van der Waals surface area contributed by atoms with Crippen molar-refractivity contribution in [2.45, 2.75) is 13.1 Å². The second kappa shape index (κ2) is 9.99. The highest BCUT2D eigenvalue weighted by atomic mass is 127. The summed E-state index contributed by atoms with van der Waals surface area (Å²) >= 11 is 0. The first kappa shape index (κ1) is 18.2. The highest BCUT2D eigenvalue weighted by Crippen LogP contribution is 2.12. The van der Waals surface area contributed by atoms with Gasteiger partial charge in [-0.1, -0.05) is 36.4 Å². The van der Waals surface area contributed by atoms with Crippen LogP contribution in [0.25, 0.3) is 0 Å². The molecule has 6 heteroatoms. The molecule has 5 nitrogen and oxygen atoms in total. The molecule has 0 saturated heterocycles. The van der Waals surface area contributed by atoms with E-state index in [1.54, 1.807) is 20.4 Å². The van der Waals surface area contributed by atoms with Crippen molar-refractivity contribution in [3.05, 3.63) is 59.8 Å². The van der Waals surface area contributed by atoms with Crippen LogP contribution in [0.4, 0.5) is 0 Å². The molecule has 1 aromatic carbocycles. The summed E-state index contributed by atoms with van der Waals surface area (Å²) in [6, 6.07) is 14.1. The van der Waals surface area contributed by atoms with Gasteiger partial charge in [-0.05, 0) is 11.6 Å². The maximum absolute atomic E-state index is 5.23. The van der Waals surface area contributed by atoms with Crippen molar-refractivity contribution >= 4 is 29.9 Å². The fourth-order valence-corrected chi connectivity index (χ4v) is 1.92. The fraction of sp³-hybridized carbons (Fsp3) is 0.250. The van der Waals surface area contributed by atoms with E-state index in [4.69, 9.17) is 4.74 Å². The number of ether oxygens (including phenoxy) is 1. The number of guanidine groups is 1. The van der Waals surface area contributed by atoms with Crippen LogP contribution in [0.5, 0.6) is 5.88 Å². The van der Waals surface area contributed by atoms with E-state index < -0.39 is 0 Å². The number of nitrogens with zero attached hydrogens (tertiary/aromatic N) is 2. The Balaban J connectivity index is 0.00000242. The molecule has 2 rings (SSSR count). The molecule has 2 N–H and O–H groups in total. The van der Waals surface area contributed by atoms with Gasteiger partial charge in [0.25, 0.3) is 0 Å². The topological polar surface area (TPSA) is 58.5 Å². The minimum absolute atomic E-state index is 0. The molecule has 1 heterocycles. The zero-order valence-electron chi connectivity index (χ0n) is 12.7. The van der Waals surface area contributed by atoms with Crippen LogP contribution in [-0.2, 0) is 13.1 Å². The summed E-state index contributed by atoms with van der Waals surface area (Å²) in [7, 11) is 3.37. The highest BCUT2D eigenvalue weighted by Gasteiger charge is 2.04. The fourth-order valence-electron chi connectivity index (χ4n) is 1.92. The summed E-state index contributed by atoms with van der Waals surface area (Å²) < 4.78 is 5.23. The van der Waals surface area contributed by atoms with Crippen LogP contribution in [-0.4, -0.2) is 25.1 Å². The zero-order valence-corrected chi connectivity index (χ0v) is 15.1. The van der Waals surface area contributed by atoms with Crippen LogP contribution in [0.15, 0.2) is 53.7 Å². The average molecular weight is 412 g/mol. The summed E-state index contributed by atoms with van der Waals surface area (Å²) in [5, 5.41) is 6.52. The van der Waals surface area contributed by atoms with Gasteiger partial charge in [0, 0.05) is 31.9 Å². The maximum Gasteiger partial charge on any atom is 0.218 e. The third kappa shape index (κ3) is 5.51. The molecule has 2 aromatic rings. The summed E-state index contributed by atoms with van der Waals surface area (Å²) in [5.41, 5.74) is 2.20. The van der Waals surface area contributed by atoms with Crippen molar-refractivity contribution in [2.75, 3.05) is 14.2 Å². The molecule has 0 radical (unpaired) electrons. The minimum Gasteiger partial charge on any atom is -0.481 e. The molecule has 0 aliphatic carbocycles. The number of hydrogen-bond donors (Lipinski definition) is 2. The molecule has 0 aliphatic rings. The molecule has 118 valence electrons. The van der Waals surface area contributed by atoms with Crippen LogP contribution < -0.4 is 15.4 Å². The minimum atomic E-state index is 0. The number of aromatic nitrogens is 1. The quantitative estimate of drug-likeness (QED) is 0.451. The first-order valence-corrected chi connectivity index (χ1v) is 6.80. The van der Waals surface area contributed by atoms with E-state index in [9.17, 15) is 0 Å². The molecule has 0 atom stereocenters. The molecular formula is C16H21IN4O. The second-order valence-corrected chi connectivity index (χ2v) is 4.44. The van der Waals surface area contributed by atoms with Crippen molar-refractivity contribution in [2.24, 2.45) is 4.99 Å². The monoisotopic (exact) mass is 412 g/mol. The lowest BCUT2D eigenvalue weighted by molar-refractivity contribution is 0.392. The van der Waals surface area contributed by atoms with E-state index >= 15 is 0 Å². The Hall–Kier alpha value is -1.83. The Labute approximate surface area is 148 Å². The Bertz CT molecular complexity index is 590. The van der Waals surface area contributed by atoms with Crippen molar-refractivity contribution in [1.29, 1.82) is 0 Å². The lowest BCUT2D eigenvalue weighted by Crippen LogP contribution is -2.36. The van der Waals surface area contributed by atoms with Crippen molar-refractivity contribution < 1.29 is 4.74 Å². The number of hydrogen-bond acceptors (Lipinski definition) is 3. The van der Waals surface area contributed by atoms with Gasteiger partial charge in [-0.3, -0.25) is 4.99 Å². The van der Waals surface area contributed by atoms with Crippen molar-refractivity contribution in [3.63, 3.8) is 0 Å². The number of rotatable bonds is 5. The van der Waals surface area contributed by atoms with E-state index in [1.165, 1.54) is 5.56 Å². The highest BCUT2D eigenvalue weighted by molar-refractivity contribution is 14.0. The smallest absolute Gasteiger partial charge is 0.218 e. The molecule has 0 amide bonds. The van der Waals surface area contributed by atoms with Crippen molar-refractivity contribution in [3.8, 4) is 5.88 Å². The van der Waals surface area contributed by atoms with Gasteiger partial charge < -0.3 is 15.4 Å². The van der Waals surface area contributed by atoms with Gasteiger partial charge in [0.2, 0.25) is 5.88 Å². The first-order chi connectivity index (χ1) is 10.3. The zero-order chi connectivity index (χ0) is 14.9. The molecule has 1 aromatic heterocycles.